The molecule has 0 fully saturated rings. The lowest BCUT2D eigenvalue weighted by Gasteiger charge is -2.24. The van der Waals surface area contributed by atoms with Crippen molar-refractivity contribution in [3.8, 4) is 5.75 Å². The summed E-state index contributed by atoms with van der Waals surface area (Å²) in [5.74, 6) is -2.01. The number of amides is 1. The second-order valence-corrected chi connectivity index (χ2v) is 4.98. The molecule has 2 N–H and O–H groups in total. The molecule has 1 amide bonds. The van der Waals surface area contributed by atoms with Crippen LogP contribution in [0.5, 0.6) is 5.75 Å². The Labute approximate surface area is 128 Å². The van der Waals surface area contributed by atoms with Gasteiger partial charge in [0.25, 0.3) is 0 Å². The van der Waals surface area contributed by atoms with E-state index in [1.54, 1.807) is 39.0 Å². The predicted molar refractivity (Wildman–Crippen MR) is 78.7 cm³/mol. The van der Waals surface area contributed by atoms with Crippen molar-refractivity contribution in [1.82, 2.24) is 0 Å². The van der Waals surface area contributed by atoms with Crippen molar-refractivity contribution in [1.29, 1.82) is 0 Å². The Morgan fingerprint density at radius 2 is 1.95 bits per heavy atom. The molecular formula is C15H19NO6. The van der Waals surface area contributed by atoms with Crippen molar-refractivity contribution < 1.29 is 29.0 Å². The van der Waals surface area contributed by atoms with E-state index < -0.39 is 29.9 Å². The normalized spacial score (nSPS) is 10.7. The topological polar surface area (TPSA) is 102 Å². The number of anilines is 1. The van der Waals surface area contributed by atoms with Gasteiger partial charge in [0.15, 0.2) is 5.60 Å². The van der Waals surface area contributed by atoms with Crippen LogP contribution in [0.1, 0.15) is 27.2 Å². The fourth-order valence-corrected chi connectivity index (χ4v) is 1.62. The Morgan fingerprint density at radius 1 is 1.27 bits per heavy atom. The van der Waals surface area contributed by atoms with E-state index in [1.807, 2.05) is 0 Å². The van der Waals surface area contributed by atoms with Crippen molar-refractivity contribution in [2.75, 3.05) is 11.9 Å². The molecule has 0 aromatic heterocycles. The molecule has 1 aromatic rings. The predicted octanol–water partition coefficient (Wildman–Crippen LogP) is 1.82. The zero-order valence-electron chi connectivity index (χ0n) is 12.7. The number of rotatable bonds is 7. The van der Waals surface area contributed by atoms with Crippen molar-refractivity contribution >= 4 is 23.5 Å². The van der Waals surface area contributed by atoms with Gasteiger partial charge in [-0.25, -0.2) is 4.79 Å². The van der Waals surface area contributed by atoms with Gasteiger partial charge in [0.2, 0.25) is 5.91 Å². The maximum Gasteiger partial charge on any atom is 0.349 e. The molecule has 7 heteroatoms. The van der Waals surface area contributed by atoms with Gasteiger partial charge in [-0.1, -0.05) is 6.07 Å². The first-order chi connectivity index (χ1) is 10.2. The number of hydrogen-bond donors (Lipinski definition) is 2. The molecular weight excluding hydrogens is 290 g/mol. The number of benzene rings is 1. The highest BCUT2D eigenvalue weighted by atomic mass is 16.6. The summed E-state index contributed by atoms with van der Waals surface area (Å²) in [5, 5.41) is 11.0. The van der Waals surface area contributed by atoms with E-state index in [1.165, 1.54) is 6.07 Å². The van der Waals surface area contributed by atoms with E-state index in [0.717, 1.165) is 0 Å². The summed E-state index contributed by atoms with van der Waals surface area (Å²) < 4.78 is 10.5. The lowest BCUT2D eigenvalue weighted by atomic mass is 10.1. The van der Waals surface area contributed by atoms with Gasteiger partial charge in [-0.2, -0.15) is 0 Å². The summed E-state index contributed by atoms with van der Waals surface area (Å²) in [6, 6.07) is 6.32. The smallest absolute Gasteiger partial charge is 0.349 e. The Kier molecular flexibility index (Phi) is 5.91. The third kappa shape index (κ3) is 5.43. The fraction of sp³-hybridized carbons (Fsp3) is 0.400. The molecule has 0 spiro atoms. The molecule has 0 unspecified atom stereocenters. The van der Waals surface area contributed by atoms with E-state index in [4.69, 9.17) is 14.6 Å². The molecule has 120 valence electrons. The van der Waals surface area contributed by atoms with E-state index in [9.17, 15) is 14.4 Å². The van der Waals surface area contributed by atoms with Crippen molar-refractivity contribution in [3.05, 3.63) is 24.3 Å². The fourth-order valence-electron chi connectivity index (χ4n) is 1.62. The van der Waals surface area contributed by atoms with Crippen LogP contribution >= 0.6 is 0 Å². The summed E-state index contributed by atoms with van der Waals surface area (Å²) in [7, 11) is 0. The molecule has 0 radical (unpaired) electrons. The lowest BCUT2D eigenvalue weighted by molar-refractivity contribution is -0.158. The van der Waals surface area contributed by atoms with Gasteiger partial charge < -0.3 is 19.9 Å². The van der Waals surface area contributed by atoms with Crippen LogP contribution in [0, 0.1) is 0 Å². The minimum absolute atomic E-state index is 0.247. The largest absolute Gasteiger partial charge is 0.481 e. The molecule has 0 saturated carbocycles. The summed E-state index contributed by atoms with van der Waals surface area (Å²) in [5.41, 5.74) is -0.803. The highest BCUT2D eigenvalue weighted by Gasteiger charge is 2.31. The molecule has 0 atom stereocenters. The van der Waals surface area contributed by atoms with Crippen molar-refractivity contribution in [2.24, 2.45) is 0 Å². The van der Waals surface area contributed by atoms with Crippen LogP contribution in [0.3, 0.4) is 0 Å². The zero-order chi connectivity index (χ0) is 16.8. The molecule has 7 nitrogen and oxygen atoms in total. The SMILES string of the molecule is CCOC(=O)C(C)(C)Oc1cccc(NC(=O)CC(=O)O)c1. The van der Waals surface area contributed by atoms with Crippen LogP contribution in [0.4, 0.5) is 5.69 Å². The average molecular weight is 309 g/mol. The van der Waals surface area contributed by atoms with E-state index in [0.29, 0.717) is 11.4 Å². The number of carbonyl (C=O) groups is 3. The molecule has 0 aliphatic carbocycles. The molecule has 0 aliphatic rings. The van der Waals surface area contributed by atoms with Crippen LogP contribution in [-0.2, 0) is 19.1 Å². The van der Waals surface area contributed by atoms with Crippen LogP contribution in [-0.4, -0.2) is 35.2 Å². The molecule has 1 rings (SSSR count). The Bertz CT molecular complexity index is 567. The van der Waals surface area contributed by atoms with Gasteiger partial charge in [0.05, 0.1) is 6.61 Å². The maximum atomic E-state index is 11.8. The van der Waals surface area contributed by atoms with E-state index in [2.05, 4.69) is 5.32 Å². The number of carboxylic acids is 1. The Balaban J connectivity index is 2.77. The molecule has 1 aromatic carbocycles. The number of carbonyl (C=O) groups excluding carboxylic acids is 2. The van der Waals surface area contributed by atoms with Crippen LogP contribution in [0.25, 0.3) is 0 Å². The summed E-state index contributed by atoms with van der Waals surface area (Å²) in [6.07, 6.45) is -0.626. The summed E-state index contributed by atoms with van der Waals surface area (Å²) in [4.78, 5) is 33.6. The number of nitrogens with one attached hydrogen (secondary N) is 1. The molecule has 0 saturated heterocycles. The highest BCUT2D eigenvalue weighted by Crippen LogP contribution is 2.23. The third-order valence-electron chi connectivity index (χ3n) is 2.57. The van der Waals surface area contributed by atoms with Gasteiger partial charge in [0, 0.05) is 11.8 Å². The standard InChI is InChI=1S/C15H19NO6/c1-4-21-14(20)15(2,3)22-11-7-5-6-10(8-11)16-12(17)9-13(18)19/h5-8H,4,9H2,1-3H3,(H,16,17)(H,18,19). The summed E-state index contributed by atoms with van der Waals surface area (Å²) >= 11 is 0. The first-order valence-electron chi connectivity index (χ1n) is 6.72. The Hall–Kier alpha value is -2.57. The van der Waals surface area contributed by atoms with Crippen LogP contribution in [0.15, 0.2) is 24.3 Å². The number of aliphatic carboxylic acids is 1. The van der Waals surface area contributed by atoms with Gasteiger partial charge in [-0.3, -0.25) is 9.59 Å². The van der Waals surface area contributed by atoms with Gasteiger partial charge in [0.1, 0.15) is 12.2 Å². The quantitative estimate of drug-likeness (QED) is 0.588. The van der Waals surface area contributed by atoms with Crippen LogP contribution in [0.2, 0.25) is 0 Å². The molecule has 0 bridgehead atoms. The van der Waals surface area contributed by atoms with Crippen molar-refractivity contribution in [3.63, 3.8) is 0 Å². The van der Waals surface area contributed by atoms with Gasteiger partial charge in [-0.05, 0) is 32.9 Å². The van der Waals surface area contributed by atoms with Gasteiger partial charge in [-0.15, -0.1) is 0 Å². The number of esters is 1. The monoisotopic (exact) mass is 309 g/mol. The summed E-state index contributed by atoms with van der Waals surface area (Å²) in [6.45, 7) is 5.09. The molecule has 22 heavy (non-hydrogen) atoms. The first-order valence-corrected chi connectivity index (χ1v) is 6.72. The number of carboxylic acid groups (broad SMARTS) is 1. The van der Waals surface area contributed by atoms with Gasteiger partial charge >= 0.3 is 11.9 Å². The average Bonchev–Trinajstić information content (AvgIpc) is 2.37. The van der Waals surface area contributed by atoms with Crippen molar-refractivity contribution in [2.45, 2.75) is 32.8 Å². The van der Waals surface area contributed by atoms with E-state index in [-0.39, 0.29) is 6.61 Å². The molecule has 0 aliphatic heterocycles. The second kappa shape index (κ2) is 7.44. The number of hydrogen-bond acceptors (Lipinski definition) is 5. The third-order valence-corrected chi connectivity index (χ3v) is 2.57. The molecule has 0 heterocycles. The minimum Gasteiger partial charge on any atom is -0.481 e. The second-order valence-electron chi connectivity index (χ2n) is 4.98. The minimum atomic E-state index is -1.21. The maximum absolute atomic E-state index is 11.8. The van der Waals surface area contributed by atoms with E-state index >= 15 is 0 Å². The number of ether oxygens (including phenoxy) is 2. The Morgan fingerprint density at radius 3 is 2.55 bits per heavy atom. The first kappa shape index (κ1) is 17.5. The highest BCUT2D eigenvalue weighted by molar-refractivity contribution is 6.01. The lowest BCUT2D eigenvalue weighted by Crippen LogP contribution is -2.39. The zero-order valence-corrected chi connectivity index (χ0v) is 12.7. The van der Waals surface area contributed by atoms with Crippen LogP contribution < -0.4 is 10.1 Å².